The maximum Gasteiger partial charge on any atom is 0.356 e. The molecule has 0 radical (unpaired) electrons. The first-order valence-electron chi connectivity index (χ1n) is 6.32. The number of aromatic nitrogens is 1. The van der Waals surface area contributed by atoms with E-state index in [2.05, 4.69) is 28.9 Å². The lowest BCUT2D eigenvalue weighted by Crippen LogP contribution is -2.57. The number of anilines is 1. The summed E-state index contributed by atoms with van der Waals surface area (Å²) in [5.74, 6) is -0.425. The van der Waals surface area contributed by atoms with Gasteiger partial charge in [0, 0.05) is 30.5 Å². The average Bonchev–Trinajstić information content (AvgIpc) is 2.42. The van der Waals surface area contributed by atoms with Crippen molar-refractivity contribution in [3.8, 4) is 0 Å². The monoisotopic (exact) mass is 264 g/mol. The average molecular weight is 264 g/mol. The van der Waals surface area contributed by atoms with Crippen molar-refractivity contribution in [2.24, 2.45) is 5.41 Å². The zero-order valence-electron chi connectivity index (χ0n) is 11.8. The molecule has 2 unspecified atom stereocenters. The lowest BCUT2D eigenvalue weighted by molar-refractivity contribution is -0.0794. The van der Waals surface area contributed by atoms with Crippen LogP contribution in [-0.4, -0.2) is 37.3 Å². The molecule has 1 fully saturated rings. The summed E-state index contributed by atoms with van der Waals surface area (Å²) in [7, 11) is 3.09. The standard InChI is InChI=1S/C14H20N2O3/c1-14(2)11(8-12(14)18-3)16-9-5-6-15-10(7-9)13(17)19-4/h5-7,11-12H,8H2,1-4H3,(H,15,16). The maximum atomic E-state index is 11.4. The molecule has 0 aliphatic heterocycles. The van der Waals surface area contributed by atoms with Gasteiger partial charge in [-0.3, -0.25) is 0 Å². The van der Waals surface area contributed by atoms with Crippen LogP contribution in [0.4, 0.5) is 5.69 Å². The highest BCUT2D eigenvalue weighted by Crippen LogP contribution is 2.43. The molecule has 0 bridgehead atoms. The Labute approximate surface area is 113 Å². The summed E-state index contributed by atoms with van der Waals surface area (Å²) in [6, 6.07) is 3.88. The topological polar surface area (TPSA) is 60.5 Å². The molecule has 1 aliphatic carbocycles. The Hall–Kier alpha value is -1.62. The molecule has 0 saturated heterocycles. The van der Waals surface area contributed by atoms with Crippen molar-refractivity contribution in [2.75, 3.05) is 19.5 Å². The van der Waals surface area contributed by atoms with Crippen molar-refractivity contribution < 1.29 is 14.3 Å². The minimum absolute atomic E-state index is 0.0729. The number of nitrogens with zero attached hydrogens (tertiary/aromatic N) is 1. The van der Waals surface area contributed by atoms with Crippen molar-refractivity contribution in [3.63, 3.8) is 0 Å². The van der Waals surface area contributed by atoms with Gasteiger partial charge in [-0.25, -0.2) is 9.78 Å². The highest BCUT2D eigenvalue weighted by molar-refractivity contribution is 5.88. The van der Waals surface area contributed by atoms with Crippen LogP contribution in [0.15, 0.2) is 18.3 Å². The zero-order chi connectivity index (χ0) is 14.0. The van der Waals surface area contributed by atoms with E-state index in [1.54, 1.807) is 19.4 Å². The molecule has 0 aromatic carbocycles. The first-order chi connectivity index (χ1) is 8.98. The summed E-state index contributed by atoms with van der Waals surface area (Å²) in [6.07, 6.45) is 2.83. The second-order valence-corrected chi connectivity index (χ2v) is 5.40. The lowest BCUT2D eigenvalue weighted by atomic mass is 9.64. The first kappa shape index (κ1) is 13.8. The molecule has 1 saturated carbocycles. The molecular formula is C14H20N2O3. The van der Waals surface area contributed by atoms with Crippen LogP contribution in [-0.2, 0) is 9.47 Å². The number of carbonyl (C=O) groups excluding carboxylic acids is 1. The Bertz CT molecular complexity index is 474. The van der Waals surface area contributed by atoms with Crippen molar-refractivity contribution in [1.82, 2.24) is 4.98 Å². The number of ether oxygens (including phenoxy) is 2. The van der Waals surface area contributed by atoms with Crippen molar-refractivity contribution >= 4 is 11.7 Å². The number of hydrogen-bond donors (Lipinski definition) is 1. The van der Waals surface area contributed by atoms with Crippen molar-refractivity contribution in [3.05, 3.63) is 24.0 Å². The number of methoxy groups -OCH3 is 2. The summed E-state index contributed by atoms with van der Waals surface area (Å²) in [5.41, 5.74) is 1.26. The molecule has 5 heteroatoms. The van der Waals surface area contributed by atoms with Gasteiger partial charge in [-0.1, -0.05) is 13.8 Å². The third-order valence-corrected chi connectivity index (χ3v) is 3.96. The highest BCUT2D eigenvalue weighted by atomic mass is 16.5. The van der Waals surface area contributed by atoms with Gasteiger partial charge in [-0.15, -0.1) is 0 Å². The minimum atomic E-state index is -0.425. The Morgan fingerprint density at radius 2 is 2.21 bits per heavy atom. The zero-order valence-corrected chi connectivity index (χ0v) is 11.8. The van der Waals surface area contributed by atoms with Crippen LogP contribution < -0.4 is 5.32 Å². The minimum Gasteiger partial charge on any atom is -0.464 e. The number of esters is 1. The van der Waals surface area contributed by atoms with Gasteiger partial charge in [0.25, 0.3) is 0 Å². The molecular weight excluding hydrogens is 244 g/mol. The van der Waals surface area contributed by atoms with Crippen LogP contribution in [0.2, 0.25) is 0 Å². The molecule has 5 nitrogen and oxygen atoms in total. The van der Waals surface area contributed by atoms with Crippen molar-refractivity contribution in [2.45, 2.75) is 32.4 Å². The van der Waals surface area contributed by atoms with Gasteiger partial charge < -0.3 is 14.8 Å². The quantitative estimate of drug-likeness (QED) is 0.844. The summed E-state index contributed by atoms with van der Waals surface area (Å²) in [4.78, 5) is 15.4. The van der Waals surface area contributed by atoms with E-state index in [-0.39, 0.29) is 11.5 Å². The summed E-state index contributed by atoms with van der Waals surface area (Å²) >= 11 is 0. The van der Waals surface area contributed by atoms with E-state index in [4.69, 9.17) is 4.74 Å². The Morgan fingerprint density at radius 3 is 2.79 bits per heavy atom. The normalized spacial score (nSPS) is 24.4. The highest BCUT2D eigenvalue weighted by Gasteiger charge is 2.48. The Balaban J connectivity index is 2.07. The summed E-state index contributed by atoms with van der Waals surface area (Å²) in [6.45, 7) is 4.34. The fraction of sp³-hybridized carbons (Fsp3) is 0.571. The van der Waals surface area contributed by atoms with E-state index < -0.39 is 5.97 Å². The second kappa shape index (κ2) is 5.17. The Morgan fingerprint density at radius 1 is 1.47 bits per heavy atom. The number of pyridine rings is 1. The predicted octanol–water partition coefficient (Wildman–Crippen LogP) is 2.09. The van der Waals surface area contributed by atoms with Crippen LogP contribution in [0.1, 0.15) is 30.8 Å². The van der Waals surface area contributed by atoms with Crippen LogP contribution >= 0.6 is 0 Å². The maximum absolute atomic E-state index is 11.4. The third-order valence-electron chi connectivity index (χ3n) is 3.96. The lowest BCUT2D eigenvalue weighted by Gasteiger charge is -2.51. The van der Waals surface area contributed by atoms with Gasteiger partial charge in [0.15, 0.2) is 0 Å². The molecule has 0 spiro atoms. The van der Waals surface area contributed by atoms with Crippen LogP contribution in [0.5, 0.6) is 0 Å². The second-order valence-electron chi connectivity index (χ2n) is 5.40. The van der Waals surface area contributed by atoms with Gasteiger partial charge in [0.1, 0.15) is 5.69 Å². The van der Waals surface area contributed by atoms with E-state index >= 15 is 0 Å². The number of carbonyl (C=O) groups is 1. The van der Waals surface area contributed by atoms with Crippen LogP contribution in [0.25, 0.3) is 0 Å². The molecule has 1 aromatic rings. The fourth-order valence-electron chi connectivity index (χ4n) is 2.47. The van der Waals surface area contributed by atoms with Crippen LogP contribution in [0.3, 0.4) is 0 Å². The predicted molar refractivity (Wildman–Crippen MR) is 72.2 cm³/mol. The third kappa shape index (κ3) is 2.56. The van der Waals surface area contributed by atoms with E-state index in [0.29, 0.717) is 11.7 Å². The number of rotatable bonds is 4. The van der Waals surface area contributed by atoms with Gasteiger partial charge in [-0.05, 0) is 18.6 Å². The molecule has 104 valence electrons. The SMILES string of the molecule is COC(=O)c1cc(NC2CC(OC)C2(C)C)ccn1. The van der Waals surface area contributed by atoms with Gasteiger partial charge in [0.2, 0.25) is 0 Å². The molecule has 1 heterocycles. The van der Waals surface area contributed by atoms with E-state index in [9.17, 15) is 4.79 Å². The van der Waals surface area contributed by atoms with Gasteiger partial charge in [0.05, 0.1) is 13.2 Å². The number of hydrogen-bond acceptors (Lipinski definition) is 5. The summed E-state index contributed by atoms with van der Waals surface area (Å²) in [5, 5.41) is 3.42. The largest absolute Gasteiger partial charge is 0.464 e. The molecule has 1 aromatic heterocycles. The smallest absolute Gasteiger partial charge is 0.356 e. The van der Waals surface area contributed by atoms with E-state index in [1.165, 1.54) is 7.11 Å². The van der Waals surface area contributed by atoms with Gasteiger partial charge >= 0.3 is 5.97 Å². The molecule has 0 amide bonds. The summed E-state index contributed by atoms with van der Waals surface area (Å²) < 4.78 is 10.1. The fourth-order valence-corrected chi connectivity index (χ4v) is 2.47. The molecule has 2 rings (SSSR count). The molecule has 2 atom stereocenters. The number of nitrogens with one attached hydrogen (secondary N) is 1. The molecule has 1 aliphatic rings. The Kier molecular flexibility index (Phi) is 3.75. The first-order valence-corrected chi connectivity index (χ1v) is 6.32. The van der Waals surface area contributed by atoms with E-state index in [0.717, 1.165) is 12.1 Å². The van der Waals surface area contributed by atoms with Crippen LogP contribution in [0, 0.1) is 5.41 Å². The van der Waals surface area contributed by atoms with E-state index in [1.807, 2.05) is 6.07 Å². The molecule has 19 heavy (non-hydrogen) atoms. The molecule has 1 N–H and O–H groups in total. The van der Waals surface area contributed by atoms with Gasteiger partial charge in [-0.2, -0.15) is 0 Å². The van der Waals surface area contributed by atoms with Crippen molar-refractivity contribution in [1.29, 1.82) is 0 Å².